The summed E-state index contributed by atoms with van der Waals surface area (Å²) in [5.74, 6) is 0. The molecule has 9 heteroatoms. The quantitative estimate of drug-likeness (QED) is 0.627. The number of aromatic nitrogens is 2. The van der Waals surface area contributed by atoms with Crippen LogP contribution in [0.15, 0.2) is 47.3 Å². The highest BCUT2D eigenvalue weighted by molar-refractivity contribution is 7.89. The SMILES string of the molecule is [2H]c1c([2H])c(-c2cc(C(F)(F)F)nn2-c2ccc(S(=O)(=O)N([2H])C)c(C)c2)c([2H])c(C)c1CC. The number of nitrogens with one attached hydrogen (secondary N) is 1. The molecule has 1 heterocycles. The van der Waals surface area contributed by atoms with Crippen LogP contribution in [0.1, 0.15) is 33.4 Å². The standard InChI is InChI=1S/C21H22F3N3O2S/c1-5-15-6-7-16(10-13(15)2)18-12-20(21(22,23)24)26-27(18)17-8-9-19(14(3)11-17)30(28,29)25-4/h6-12,25H,5H2,1-4H3/i6D,7D,10D/hD. The number of halogens is 3. The molecule has 5 nitrogen and oxygen atoms in total. The van der Waals surface area contributed by atoms with E-state index < -0.39 is 27.9 Å². The van der Waals surface area contributed by atoms with Crippen molar-refractivity contribution in [1.29, 1.82) is 0 Å². The third-order valence-electron chi connectivity index (χ3n) is 4.63. The number of hydrogen-bond donors (Lipinski definition) is 1. The third-order valence-corrected chi connectivity index (χ3v) is 6.13. The molecule has 3 rings (SSSR count). The van der Waals surface area contributed by atoms with Crippen LogP contribution in [0.4, 0.5) is 13.2 Å². The fourth-order valence-corrected chi connectivity index (χ4v) is 3.96. The molecule has 30 heavy (non-hydrogen) atoms. The minimum Gasteiger partial charge on any atom is -0.232 e. The van der Waals surface area contributed by atoms with E-state index in [-0.39, 0.29) is 44.2 Å². The molecule has 2 aromatic carbocycles. The van der Waals surface area contributed by atoms with Crippen LogP contribution < -0.4 is 4.72 Å². The highest BCUT2D eigenvalue weighted by atomic mass is 32.2. The zero-order valence-corrected chi connectivity index (χ0v) is 17.5. The van der Waals surface area contributed by atoms with E-state index in [1.54, 1.807) is 13.8 Å². The Balaban J connectivity index is 2.35. The molecule has 0 aliphatic carbocycles. The van der Waals surface area contributed by atoms with Crippen molar-refractivity contribution in [3.05, 3.63) is 64.8 Å². The number of rotatable bonds is 5. The monoisotopic (exact) mass is 441 g/mol. The lowest BCUT2D eigenvalue weighted by molar-refractivity contribution is -0.141. The van der Waals surface area contributed by atoms with Gasteiger partial charge in [-0.3, -0.25) is 0 Å². The van der Waals surface area contributed by atoms with Crippen LogP contribution in [-0.4, -0.2) is 25.2 Å². The molecule has 0 bridgehead atoms. The second kappa shape index (κ2) is 7.88. The van der Waals surface area contributed by atoms with Gasteiger partial charge in [-0.25, -0.2) is 17.8 Å². The summed E-state index contributed by atoms with van der Waals surface area (Å²) in [6.45, 7) is 4.77. The van der Waals surface area contributed by atoms with Crippen LogP contribution in [0.5, 0.6) is 0 Å². The highest BCUT2D eigenvalue weighted by Gasteiger charge is 2.35. The van der Waals surface area contributed by atoms with Gasteiger partial charge in [0.1, 0.15) is 1.41 Å². The van der Waals surface area contributed by atoms with E-state index in [2.05, 4.69) is 5.10 Å². The van der Waals surface area contributed by atoms with E-state index in [0.29, 0.717) is 23.6 Å². The van der Waals surface area contributed by atoms with Crippen LogP contribution in [0.3, 0.4) is 0 Å². The Morgan fingerprint density at radius 1 is 1.20 bits per heavy atom. The number of sulfonamides is 1. The van der Waals surface area contributed by atoms with Gasteiger partial charge in [-0.05, 0) is 74.3 Å². The summed E-state index contributed by atoms with van der Waals surface area (Å²) in [7, 11) is -3.08. The molecule has 1 N–H and O–H groups in total. The topological polar surface area (TPSA) is 64.0 Å². The molecule has 1 aromatic heterocycles. The molecule has 160 valence electrons. The number of aryl methyl sites for hydroxylation is 1. The van der Waals surface area contributed by atoms with E-state index in [0.717, 1.165) is 17.8 Å². The van der Waals surface area contributed by atoms with Crippen molar-refractivity contribution in [2.75, 3.05) is 7.05 Å². The molecule has 0 spiro atoms. The minimum absolute atomic E-state index is 0.0668. The van der Waals surface area contributed by atoms with Crippen LogP contribution in [-0.2, 0) is 22.6 Å². The Bertz CT molecular complexity index is 1360. The summed E-state index contributed by atoms with van der Waals surface area (Å²) < 4.78 is 99.2. The zero-order chi connectivity index (χ0) is 25.7. The first-order chi connectivity index (χ1) is 15.6. The average Bonchev–Trinajstić information content (AvgIpc) is 3.18. The van der Waals surface area contributed by atoms with E-state index in [9.17, 15) is 21.6 Å². The predicted octanol–water partition coefficient (Wildman–Crippen LogP) is 4.65. The molecule has 0 aliphatic rings. The van der Waals surface area contributed by atoms with Gasteiger partial charge in [0.15, 0.2) is 5.69 Å². The molecule has 0 saturated carbocycles. The Hall–Kier alpha value is -2.65. The van der Waals surface area contributed by atoms with Gasteiger partial charge in [0.2, 0.25) is 10.0 Å². The molecule has 0 atom stereocenters. The summed E-state index contributed by atoms with van der Waals surface area (Å²) in [4.78, 5) is -0.197. The van der Waals surface area contributed by atoms with Crippen LogP contribution in [0, 0.1) is 13.8 Å². The molecular formula is C21H22F3N3O2S. The number of alkyl halides is 3. The van der Waals surface area contributed by atoms with Gasteiger partial charge >= 0.3 is 6.18 Å². The lowest BCUT2D eigenvalue weighted by atomic mass is 10.0. The normalized spacial score (nSPS) is 14.4. The summed E-state index contributed by atoms with van der Waals surface area (Å²) in [6, 6.07) is 3.66. The van der Waals surface area contributed by atoms with Crippen LogP contribution in [0.25, 0.3) is 16.9 Å². The molecule has 0 aliphatic heterocycles. The Morgan fingerprint density at radius 2 is 1.90 bits per heavy atom. The van der Waals surface area contributed by atoms with Crippen molar-refractivity contribution in [2.45, 2.75) is 38.3 Å². The molecule has 0 unspecified atom stereocenters. The van der Waals surface area contributed by atoms with Crippen LogP contribution in [0.2, 0.25) is 1.41 Å². The predicted molar refractivity (Wildman–Crippen MR) is 109 cm³/mol. The lowest BCUT2D eigenvalue weighted by Crippen LogP contribution is -2.19. The molecule has 0 amide bonds. The summed E-state index contributed by atoms with van der Waals surface area (Å²) >= 11 is 0. The minimum atomic E-state index is -4.82. The first kappa shape index (κ1) is 17.1. The van der Waals surface area contributed by atoms with Gasteiger partial charge in [-0.15, -0.1) is 0 Å². The lowest BCUT2D eigenvalue weighted by Gasteiger charge is -2.12. The van der Waals surface area contributed by atoms with Gasteiger partial charge in [-0.2, -0.15) is 18.3 Å². The van der Waals surface area contributed by atoms with E-state index in [1.165, 1.54) is 19.1 Å². The van der Waals surface area contributed by atoms with Gasteiger partial charge in [0, 0.05) is 5.56 Å². The maximum absolute atomic E-state index is 13.6. The molecule has 0 saturated heterocycles. The van der Waals surface area contributed by atoms with Crippen molar-refractivity contribution in [3.8, 4) is 16.9 Å². The summed E-state index contributed by atoms with van der Waals surface area (Å²) in [6.07, 6.45) is -4.44. The van der Waals surface area contributed by atoms with E-state index >= 15 is 0 Å². The zero-order valence-electron chi connectivity index (χ0n) is 20.7. The Labute approximate surface area is 179 Å². The Kier molecular flexibility index (Phi) is 4.49. The van der Waals surface area contributed by atoms with Crippen molar-refractivity contribution >= 4 is 10.0 Å². The first-order valence-corrected chi connectivity index (χ1v) is 10.4. The molecular weight excluding hydrogens is 415 g/mol. The van der Waals surface area contributed by atoms with Gasteiger partial charge in [-0.1, -0.05) is 19.0 Å². The van der Waals surface area contributed by atoms with Gasteiger partial charge in [0.25, 0.3) is 0 Å². The molecule has 0 fully saturated rings. The smallest absolute Gasteiger partial charge is 0.232 e. The maximum atomic E-state index is 13.6. The van der Waals surface area contributed by atoms with E-state index in [4.69, 9.17) is 5.52 Å². The Morgan fingerprint density at radius 3 is 2.47 bits per heavy atom. The fourth-order valence-electron chi connectivity index (χ4n) is 3.06. The van der Waals surface area contributed by atoms with Crippen molar-refractivity contribution in [1.82, 2.24) is 14.5 Å². The molecule has 0 radical (unpaired) electrons. The number of nitrogens with zero attached hydrogens (tertiary/aromatic N) is 2. The summed E-state index contributed by atoms with van der Waals surface area (Å²) in [5, 5.41) is 3.65. The van der Waals surface area contributed by atoms with E-state index in [1.807, 2.05) is 0 Å². The van der Waals surface area contributed by atoms with Crippen molar-refractivity contribution in [2.24, 2.45) is 0 Å². The highest BCUT2D eigenvalue weighted by Crippen LogP contribution is 2.34. The second-order valence-electron chi connectivity index (χ2n) is 6.64. The molecule has 3 aromatic rings. The second-order valence-corrected chi connectivity index (χ2v) is 8.39. The van der Waals surface area contributed by atoms with Gasteiger partial charge < -0.3 is 0 Å². The number of benzene rings is 2. The fraction of sp³-hybridized carbons (Fsp3) is 0.286. The maximum Gasteiger partial charge on any atom is 0.435 e. The summed E-state index contributed by atoms with van der Waals surface area (Å²) in [5.41, 5.74) is -0.566. The first-order valence-electron chi connectivity index (χ1n) is 10.9. The number of hydrogen-bond acceptors (Lipinski definition) is 3. The van der Waals surface area contributed by atoms with Gasteiger partial charge in [0.05, 0.1) is 20.4 Å². The van der Waals surface area contributed by atoms with Crippen molar-refractivity contribution < 1.29 is 27.1 Å². The van der Waals surface area contributed by atoms with Crippen LogP contribution >= 0.6 is 0 Å². The van der Waals surface area contributed by atoms with Crippen molar-refractivity contribution in [3.63, 3.8) is 0 Å². The average molecular weight is 442 g/mol. The third kappa shape index (κ3) is 4.13. The largest absolute Gasteiger partial charge is 0.435 e.